The molecular weight excluding hydrogens is 238 g/mol. The average molecular weight is 265 g/mol. The van der Waals surface area contributed by atoms with Crippen LogP contribution in [0.15, 0.2) is 12.3 Å². The molecule has 0 unspecified atom stereocenters. The van der Waals surface area contributed by atoms with Gasteiger partial charge in [-0.1, -0.05) is 51.9 Å². The molecule has 1 N–H and O–H groups in total. The van der Waals surface area contributed by atoms with Gasteiger partial charge in [0.1, 0.15) is 5.69 Å². The lowest BCUT2D eigenvalue weighted by Crippen LogP contribution is -2.09. The maximum atomic E-state index is 11.1. The van der Waals surface area contributed by atoms with E-state index in [0.717, 1.165) is 18.5 Å². The predicted molar refractivity (Wildman–Crippen MR) is 78.7 cm³/mol. The summed E-state index contributed by atoms with van der Waals surface area (Å²) in [6, 6.07) is 1.88. The van der Waals surface area contributed by atoms with Crippen molar-refractivity contribution in [1.29, 1.82) is 0 Å². The van der Waals surface area contributed by atoms with Crippen LogP contribution in [-0.4, -0.2) is 15.6 Å². The van der Waals surface area contributed by atoms with Gasteiger partial charge in [0.2, 0.25) is 0 Å². The highest BCUT2D eigenvalue weighted by Crippen LogP contribution is 2.13. The Hall–Kier alpha value is -1.25. The van der Waals surface area contributed by atoms with Gasteiger partial charge in [-0.05, 0) is 25.0 Å². The number of hydrogen-bond donors (Lipinski definition) is 1. The Bertz CT molecular complexity index is 382. The van der Waals surface area contributed by atoms with Gasteiger partial charge in [0, 0.05) is 12.7 Å². The number of aryl methyl sites for hydroxylation is 2. The van der Waals surface area contributed by atoms with Crippen molar-refractivity contribution < 1.29 is 9.90 Å². The summed E-state index contributed by atoms with van der Waals surface area (Å²) >= 11 is 0. The Labute approximate surface area is 116 Å². The molecule has 108 valence electrons. The van der Waals surface area contributed by atoms with E-state index in [2.05, 4.69) is 6.92 Å². The first-order chi connectivity index (χ1) is 9.16. The monoisotopic (exact) mass is 265 g/mol. The molecule has 0 bridgehead atoms. The van der Waals surface area contributed by atoms with E-state index in [4.69, 9.17) is 5.11 Å². The number of aromatic nitrogens is 1. The van der Waals surface area contributed by atoms with Crippen LogP contribution in [0.4, 0.5) is 0 Å². The van der Waals surface area contributed by atoms with Gasteiger partial charge in [-0.15, -0.1) is 0 Å². The fourth-order valence-electron chi connectivity index (χ4n) is 2.48. The molecular formula is C16H27NO2. The molecule has 0 amide bonds. The normalized spacial score (nSPS) is 10.8. The van der Waals surface area contributed by atoms with Gasteiger partial charge in [0.05, 0.1) is 0 Å². The van der Waals surface area contributed by atoms with E-state index in [1.165, 1.54) is 44.9 Å². The first kappa shape index (κ1) is 15.8. The Kier molecular flexibility index (Phi) is 7.31. The minimum absolute atomic E-state index is 0.447. The molecule has 19 heavy (non-hydrogen) atoms. The quantitative estimate of drug-likeness (QED) is 0.626. The SMILES string of the molecule is CCCCCCCCCCn1ccc(C)c1C(=O)O. The molecule has 0 fully saturated rings. The van der Waals surface area contributed by atoms with Gasteiger partial charge in [-0.2, -0.15) is 0 Å². The second kappa shape index (κ2) is 8.78. The van der Waals surface area contributed by atoms with Crippen LogP contribution in [0, 0.1) is 6.92 Å². The van der Waals surface area contributed by atoms with Crippen LogP contribution >= 0.6 is 0 Å². The van der Waals surface area contributed by atoms with E-state index in [1.54, 1.807) is 0 Å². The zero-order chi connectivity index (χ0) is 14.1. The highest BCUT2D eigenvalue weighted by molar-refractivity contribution is 5.87. The number of hydrogen-bond acceptors (Lipinski definition) is 1. The third-order valence-electron chi connectivity index (χ3n) is 3.62. The molecule has 3 heteroatoms. The van der Waals surface area contributed by atoms with E-state index >= 15 is 0 Å². The third kappa shape index (κ3) is 5.50. The Morgan fingerprint density at radius 3 is 2.26 bits per heavy atom. The van der Waals surface area contributed by atoms with Gasteiger partial charge >= 0.3 is 5.97 Å². The maximum Gasteiger partial charge on any atom is 0.352 e. The molecule has 0 spiro atoms. The van der Waals surface area contributed by atoms with Crippen LogP contribution in [0.3, 0.4) is 0 Å². The first-order valence-corrected chi connectivity index (χ1v) is 7.55. The third-order valence-corrected chi connectivity index (χ3v) is 3.62. The van der Waals surface area contributed by atoms with E-state index in [0.29, 0.717) is 5.69 Å². The largest absolute Gasteiger partial charge is 0.477 e. The minimum atomic E-state index is -0.818. The molecule has 0 saturated carbocycles. The summed E-state index contributed by atoms with van der Waals surface area (Å²) in [4.78, 5) is 11.1. The van der Waals surface area contributed by atoms with Gasteiger partial charge in [0.15, 0.2) is 0 Å². The standard InChI is InChI=1S/C16H27NO2/c1-3-4-5-6-7-8-9-10-12-17-13-11-14(2)15(17)16(18)19/h11,13H,3-10,12H2,1-2H3,(H,18,19). The van der Waals surface area contributed by atoms with Crippen molar-refractivity contribution in [2.24, 2.45) is 0 Å². The smallest absolute Gasteiger partial charge is 0.352 e. The molecule has 0 aromatic carbocycles. The highest BCUT2D eigenvalue weighted by atomic mass is 16.4. The fraction of sp³-hybridized carbons (Fsp3) is 0.688. The summed E-state index contributed by atoms with van der Waals surface area (Å²) in [7, 11) is 0. The van der Waals surface area contributed by atoms with Crippen molar-refractivity contribution in [2.75, 3.05) is 0 Å². The van der Waals surface area contributed by atoms with Crippen LogP contribution in [-0.2, 0) is 6.54 Å². The van der Waals surface area contributed by atoms with E-state index in [9.17, 15) is 4.79 Å². The molecule has 1 heterocycles. The van der Waals surface area contributed by atoms with Crippen molar-refractivity contribution >= 4 is 5.97 Å². The van der Waals surface area contributed by atoms with E-state index in [1.807, 2.05) is 23.8 Å². The van der Waals surface area contributed by atoms with Crippen molar-refractivity contribution in [2.45, 2.75) is 71.8 Å². The van der Waals surface area contributed by atoms with Gasteiger partial charge in [-0.25, -0.2) is 4.79 Å². The lowest BCUT2D eigenvalue weighted by molar-refractivity contribution is 0.0684. The molecule has 0 radical (unpaired) electrons. The number of carbonyl (C=O) groups is 1. The summed E-state index contributed by atoms with van der Waals surface area (Å²) in [6.45, 7) is 4.91. The topological polar surface area (TPSA) is 42.2 Å². The molecule has 0 aliphatic heterocycles. The van der Waals surface area contributed by atoms with Crippen molar-refractivity contribution in [3.8, 4) is 0 Å². The van der Waals surface area contributed by atoms with Crippen LogP contribution < -0.4 is 0 Å². The molecule has 0 aliphatic rings. The van der Waals surface area contributed by atoms with Crippen LogP contribution in [0.5, 0.6) is 0 Å². The van der Waals surface area contributed by atoms with Gasteiger partial charge in [-0.3, -0.25) is 0 Å². The molecule has 3 nitrogen and oxygen atoms in total. The summed E-state index contributed by atoms with van der Waals surface area (Å²) in [6.07, 6.45) is 12.1. The second-order valence-corrected chi connectivity index (χ2v) is 5.32. The van der Waals surface area contributed by atoms with Gasteiger partial charge < -0.3 is 9.67 Å². The fourth-order valence-corrected chi connectivity index (χ4v) is 2.48. The molecule has 0 saturated heterocycles. The molecule has 1 aromatic rings. The first-order valence-electron chi connectivity index (χ1n) is 7.55. The van der Waals surface area contributed by atoms with Crippen molar-refractivity contribution in [3.63, 3.8) is 0 Å². The second-order valence-electron chi connectivity index (χ2n) is 5.32. The molecule has 1 aromatic heterocycles. The average Bonchev–Trinajstić information content (AvgIpc) is 2.74. The summed E-state index contributed by atoms with van der Waals surface area (Å²) in [5.74, 6) is -0.818. The number of carboxylic acids is 1. The maximum absolute atomic E-state index is 11.1. The summed E-state index contributed by atoms with van der Waals surface area (Å²) in [5.41, 5.74) is 1.30. The van der Waals surface area contributed by atoms with Gasteiger partial charge in [0.25, 0.3) is 0 Å². The zero-order valence-electron chi connectivity index (χ0n) is 12.3. The van der Waals surface area contributed by atoms with Crippen molar-refractivity contribution in [1.82, 2.24) is 4.57 Å². The molecule has 1 rings (SSSR count). The zero-order valence-corrected chi connectivity index (χ0v) is 12.3. The Morgan fingerprint density at radius 2 is 1.68 bits per heavy atom. The molecule has 0 aliphatic carbocycles. The number of nitrogens with zero attached hydrogens (tertiary/aromatic N) is 1. The lowest BCUT2D eigenvalue weighted by atomic mass is 10.1. The highest BCUT2D eigenvalue weighted by Gasteiger charge is 2.12. The minimum Gasteiger partial charge on any atom is -0.477 e. The van der Waals surface area contributed by atoms with Crippen LogP contribution in [0.25, 0.3) is 0 Å². The van der Waals surface area contributed by atoms with Crippen LogP contribution in [0.1, 0.15) is 74.3 Å². The number of carboxylic acid groups (broad SMARTS) is 1. The van der Waals surface area contributed by atoms with E-state index < -0.39 is 5.97 Å². The number of rotatable bonds is 10. The summed E-state index contributed by atoms with van der Waals surface area (Å²) in [5, 5.41) is 9.14. The van der Waals surface area contributed by atoms with Crippen LogP contribution in [0.2, 0.25) is 0 Å². The summed E-state index contributed by atoms with van der Waals surface area (Å²) < 4.78 is 1.87. The number of unbranched alkanes of at least 4 members (excludes halogenated alkanes) is 7. The van der Waals surface area contributed by atoms with Crippen molar-refractivity contribution in [3.05, 3.63) is 23.5 Å². The predicted octanol–water partition coefficient (Wildman–Crippen LogP) is 4.64. The Morgan fingerprint density at radius 1 is 1.11 bits per heavy atom. The lowest BCUT2D eigenvalue weighted by Gasteiger charge is -2.07. The van der Waals surface area contributed by atoms with E-state index in [-0.39, 0.29) is 0 Å². The molecule has 0 atom stereocenters. The Balaban J connectivity index is 2.18. The number of aromatic carboxylic acids is 1.